The minimum atomic E-state index is -0.290. The SMILES string of the molecule is CC1C=CC(n2cnc3c(=O)[nH]c(N)nc32)C1. The lowest BCUT2D eigenvalue weighted by atomic mass is 10.1. The Morgan fingerprint density at radius 2 is 2.35 bits per heavy atom. The third-order valence-corrected chi connectivity index (χ3v) is 3.08. The van der Waals surface area contributed by atoms with Crippen molar-refractivity contribution in [3.8, 4) is 0 Å². The van der Waals surface area contributed by atoms with Crippen LogP contribution < -0.4 is 11.3 Å². The molecule has 0 saturated carbocycles. The van der Waals surface area contributed by atoms with Crippen LogP contribution in [0.4, 0.5) is 5.95 Å². The molecule has 6 heteroatoms. The average molecular weight is 231 g/mol. The van der Waals surface area contributed by atoms with E-state index in [4.69, 9.17) is 5.73 Å². The fourth-order valence-electron chi connectivity index (χ4n) is 2.25. The summed E-state index contributed by atoms with van der Waals surface area (Å²) in [6.07, 6.45) is 6.93. The number of hydrogen-bond acceptors (Lipinski definition) is 4. The number of H-pyrrole nitrogens is 1. The molecule has 1 aliphatic carbocycles. The number of nitrogen functional groups attached to an aromatic ring is 1. The van der Waals surface area contributed by atoms with Crippen molar-refractivity contribution in [1.82, 2.24) is 19.5 Å². The zero-order chi connectivity index (χ0) is 12.0. The van der Waals surface area contributed by atoms with Crippen molar-refractivity contribution < 1.29 is 0 Å². The Morgan fingerprint density at radius 3 is 3.06 bits per heavy atom. The van der Waals surface area contributed by atoms with Crippen LogP contribution in [0.25, 0.3) is 11.2 Å². The Kier molecular flexibility index (Phi) is 2.04. The van der Waals surface area contributed by atoms with Gasteiger partial charge in [0, 0.05) is 0 Å². The number of aromatic amines is 1. The number of aromatic nitrogens is 4. The van der Waals surface area contributed by atoms with Gasteiger partial charge in [-0.3, -0.25) is 9.78 Å². The van der Waals surface area contributed by atoms with Crippen molar-refractivity contribution in [2.24, 2.45) is 5.92 Å². The number of allylic oxidation sites excluding steroid dienone is 2. The molecule has 2 aromatic heterocycles. The van der Waals surface area contributed by atoms with Crippen LogP contribution in [-0.2, 0) is 0 Å². The molecule has 2 heterocycles. The number of anilines is 1. The van der Waals surface area contributed by atoms with Gasteiger partial charge in [-0.05, 0) is 12.3 Å². The van der Waals surface area contributed by atoms with Gasteiger partial charge in [0.25, 0.3) is 5.56 Å². The van der Waals surface area contributed by atoms with Crippen LogP contribution in [0.15, 0.2) is 23.3 Å². The summed E-state index contributed by atoms with van der Waals surface area (Å²) in [6, 6.07) is 0.212. The molecule has 0 spiro atoms. The lowest BCUT2D eigenvalue weighted by Gasteiger charge is -2.11. The summed E-state index contributed by atoms with van der Waals surface area (Å²) in [5, 5.41) is 0. The Balaban J connectivity index is 2.18. The van der Waals surface area contributed by atoms with Crippen molar-refractivity contribution in [2.45, 2.75) is 19.4 Å². The number of rotatable bonds is 1. The third kappa shape index (κ3) is 1.52. The van der Waals surface area contributed by atoms with Crippen LogP contribution >= 0.6 is 0 Å². The first kappa shape index (κ1) is 10.1. The maximum Gasteiger partial charge on any atom is 0.280 e. The van der Waals surface area contributed by atoms with E-state index in [1.807, 2.05) is 4.57 Å². The number of nitrogens with zero attached hydrogens (tertiary/aromatic N) is 3. The van der Waals surface area contributed by atoms with E-state index in [1.54, 1.807) is 6.33 Å². The monoisotopic (exact) mass is 231 g/mol. The van der Waals surface area contributed by atoms with E-state index in [0.717, 1.165) is 6.42 Å². The Morgan fingerprint density at radius 1 is 1.53 bits per heavy atom. The van der Waals surface area contributed by atoms with Crippen molar-refractivity contribution in [1.29, 1.82) is 0 Å². The van der Waals surface area contributed by atoms with Crippen LogP contribution in [0.1, 0.15) is 19.4 Å². The number of fused-ring (bicyclic) bond motifs is 1. The van der Waals surface area contributed by atoms with E-state index in [2.05, 4.69) is 34.0 Å². The Bertz CT molecular complexity index is 653. The van der Waals surface area contributed by atoms with Crippen LogP contribution in [0, 0.1) is 5.92 Å². The molecule has 1 aliphatic rings. The first-order valence-corrected chi connectivity index (χ1v) is 5.56. The number of imidazole rings is 1. The lowest BCUT2D eigenvalue weighted by molar-refractivity contribution is 0.536. The summed E-state index contributed by atoms with van der Waals surface area (Å²) >= 11 is 0. The van der Waals surface area contributed by atoms with Gasteiger partial charge in [0.1, 0.15) is 0 Å². The molecule has 2 unspecified atom stereocenters. The largest absolute Gasteiger partial charge is 0.369 e. The highest BCUT2D eigenvalue weighted by atomic mass is 16.1. The molecular weight excluding hydrogens is 218 g/mol. The van der Waals surface area contributed by atoms with Gasteiger partial charge < -0.3 is 10.3 Å². The van der Waals surface area contributed by atoms with Gasteiger partial charge in [-0.2, -0.15) is 4.98 Å². The smallest absolute Gasteiger partial charge is 0.280 e. The standard InChI is InChI=1S/C11H13N5O/c1-6-2-3-7(4-6)16-5-13-8-9(16)14-11(12)15-10(8)17/h2-3,5-7H,4H2,1H3,(H3,12,14,15,17). The molecule has 0 bridgehead atoms. The summed E-state index contributed by atoms with van der Waals surface area (Å²) in [6.45, 7) is 2.16. The first-order valence-electron chi connectivity index (χ1n) is 5.56. The fraction of sp³-hybridized carbons (Fsp3) is 0.364. The normalized spacial score (nSPS) is 23.6. The second kappa shape index (κ2) is 3.44. The topological polar surface area (TPSA) is 89.6 Å². The molecule has 3 N–H and O–H groups in total. The number of nitrogens with one attached hydrogen (secondary N) is 1. The maximum atomic E-state index is 11.6. The van der Waals surface area contributed by atoms with Gasteiger partial charge in [0.05, 0.1) is 12.4 Å². The van der Waals surface area contributed by atoms with E-state index in [0.29, 0.717) is 17.1 Å². The maximum absolute atomic E-state index is 11.6. The van der Waals surface area contributed by atoms with Crippen molar-refractivity contribution in [2.75, 3.05) is 5.73 Å². The number of nitrogens with two attached hydrogens (primary N) is 1. The van der Waals surface area contributed by atoms with Gasteiger partial charge in [0.2, 0.25) is 5.95 Å². The molecule has 0 amide bonds. The summed E-state index contributed by atoms with van der Waals surface area (Å²) in [5.74, 6) is 0.663. The molecule has 0 fully saturated rings. The van der Waals surface area contributed by atoms with Crippen LogP contribution in [0.2, 0.25) is 0 Å². The second-order valence-corrected chi connectivity index (χ2v) is 4.44. The highest BCUT2D eigenvalue weighted by Gasteiger charge is 2.20. The lowest BCUT2D eigenvalue weighted by Crippen LogP contribution is -2.13. The molecule has 88 valence electrons. The molecule has 2 atom stereocenters. The molecule has 0 radical (unpaired) electrons. The zero-order valence-corrected chi connectivity index (χ0v) is 9.42. The van der Waals surface area contributed by atoms with Gasteiger partial charge in [-0.1, -0.05) is 19.1 Å². The molecule has 0 aromatic carbocycles. The van der Waals surface area contributed by atoms with Gasteiger partial charge >= 0.3 is 0 Å². The predicted octanol–water partition coefficient (Wildman–Crippen LogP) is 0.839. The minimum Gasteiger partial charge on any atom is -0.369 e. The molecule has 17 heavy (non-hydrogen) atoms. The second-order valence-electron chi connectivity index (χ2n) is 4.44. The predicted molar refractivity (Wildman–Crippen MR) is 64.5 cm³/mol. The number of hydrogen-bond donors (Lipinski definition) is 2. The molecule has 0 saturated heterocycles. The fourth-order valence-corrected chi connectivity index (χ4v) is 2.25. The molecule has 0 aliphatic heterocycles. The first-order chi connectivity index (χ1) is 8.15. The molecule has 3 rings (SSSR count). The van der Waals surface area contributed by atoms with E-state index in [-0.39, 0.29) is 17.5 Å². The van der Waals surface area contributed by atoms with Crippen molar-refractivity contribution in [3.05, 3.63) is 28.8 Å². The van der Waals surface area contributed by atoms with E-state index < -0.39 is 0 Å². The quantitative estimate of drug-likeness (QED) is 0.711. The van der Waals surface area contributed by atoms with Crippen LogP contribution in [0.5, 0.6) is 0 Å². The highest BCUT2D eigenvalue weighted by molar-refractivity contribution is 5.70. The van der Waals surface area contributed by atoms with E-state index in [1.165, 1.54) is 0 Å². The summed E-state index contributed by atoms with van der Waals surface area (Å²) in [4.78, 5) is 22.3. The summed E-state index contributed by atoms with van der Waals surface area (Å²) < 4.78 is 1.90. The molecule has 2 aromatic rings. The summed E-state index contributed by atoms with van der Waals surface area (Å²) in [5.41, 5.74) is 6.15. The van der Waals surface area contributed by atoms with Gasteiger partial charge in [0.15, 0.2) is 11.2 Å². The molecule has 6 nitrogen and oxygen atoms in total. The average Bonchev–Trinajstić information content (AvgIpc) is 2.83. The van der Waals surface area contributed by atoms with Crippen LogP contribution in [-0.4, -0.2) is 19.5 Å². The van der Waals surface area contributed by atoms with Gasteiger partial charge in [-0.15, -0.1) is 0 Å². The highest BCUT2D eigenvalue weighted by Crippen LogP contribution is 2.28. The van der Waals surface area contributed by atoms with Gasteiger partial charge in [-0.25, -0.2) is 4.98 Å². The van der Waals surface area contributed by atoms with Crippen molar-refractivity contribution in [3.63, 3.8) is 0 Å². The summed E-state index contributed by atoms with van der Waals surface area (Å²) in [7, 11) is 0. The van der Waals surface area contributed by atoms with Crippen molar-refractivity contribution >= 4 is 17.1 Å². The minimum absolute atomic E-state index is 0.124. The molecular formula is C11H13N5O. The van der Waals surface area contributed by atoms with Crippen LogP contribution in [0.3, 0.4) is 0 Å². The third-order valence-electron chi connectivity index (χ3n) is 3.08. The Labute approximate surface area is 97.2 Å². The zero-order valence-electron chi connectivity index (χ0n) is 9.42. The Hall–Kier alpha value is -2.11. The van der Waals surface area contributed by atoms with E-state index in [9.17, 15) is 4.79 Å². The van der Waals surface area contributed by atoms with E-state index >= 15 is 0 Å².